The lowest BCUT2D eigenvalue weighted by Crippen LogP contribution is -2.38. The number of ether oxygens (including phenoxy) is 1. The predicted octanol–water partition coefficient (Wildman–Crippen LogP) is 2.05. The van der Waals surface area contributed by atoms with Gasteiger partial charge in [-0.15, -0.1) is 0 Å². The molecule has 4 nitrogen and oxygen atoms in total. The van der Waals surface area contributed by atoms with Gasteiger partial charge in [0.2, 0.25) is 5.88 Å². The SMILES string of the molecule is CNC(Cc1cc(OC)ncn1)C1CC2CCC1C2. The third-order valence-electron chi connectivity index (χ3n) is 5.02. The van der Waals surface area contributed by atoms with Crippen LogP contribution in [0.1, 0.15) is 31.4 Å². The van der Waals surface area contributed by atoms with E-state index in [-0.39, 0.29) is 0 Å². The minimum Gasteiger partial charge on any atom is -0.481 e. The second-order valence-corrected chi connectivity index (χ2v) is 5.99. The highest BCUT2D eigenvalue weighted by molar-refractivity contribution is 5.15. The lowest BCUT2D eigenvalue weighted by molar-refractivity contribution is 0.254. The largest absolute Gasteiger partial charge is 0.481 e. The van der Waals surface area contributed by atoms with E-state index in [0.29, 0.717) is 11.9 Å². The van der Waals surface area contributed by atoms with E-state index in [1.807, 2.05) is 6.07 Å². The second-order valence-electron chi connectivity index (χ2n) is 5.99. The second kappa shape index (κ2) is 5.45. The molecule has 3 rings (SSSR count). The average molecular weight is 261 g/mol. The molecule has 2 fully saturated rings. The van der Waals surface area contributed by atoms with Gasteiger partial charge in [-0.2, -0.15) is 0 Å². The quantitative estimate of drug-likeness (QED) is 0.881. The minimum atomic E-state index is 0.537. The van der Waals surface area contributed by atoms with Crippen LogP contribution in [-0.2, 0) is 6.42 Å². The molecular formula is C15H23N3O. The van der Waals surface area contributed by atoms with Crippen molar-refractivity contribution in [2.24, 2.45) is 17.8 Å². The van der Waals surface area contributed by atoms with Crippen molar-refractivity contribution in [3.05, 3.63) is 18.1 Å². The highest BCUT2D eigenvalue weighted by Gasteiger charge is 2.42. The molecule has 0 aliphatic heterocycles. The first-order valence-corrected chi connectivity index (χ1v) is 7.32. The van der Waals surface area contributed by atoms with E-state index in [2.05, 4.69) is 22.3 Å². The van der Waals surface area contributed by atoms with Crippen LogP contribution in [0, 0.1) is 17.8 Å². The van der Waals surface area contributed by atoms with Crippen LogP contribution in [-0.4, -0.2) is 30.2 Å². The monoisotopic (exact) mass is 261 g/mol. The molecule has 4 atom stereocenters. The van der Waals surface area contributed by atoms with Crippen molar-refractivity contribution in [1.29, 1.82) is 0 Å². The van der Waals surface area contributed by atoms with Gasteiger partial charge in [0, 0.05) is 24.2 Å². The summed E-state index contributed by atoms with van der Waals surface area (Å²) in [4.78, 5) is 8.45. The van der Waals surface area contributed by atoms with Gasteiger partial charge < -0.3 is 10.1 Å². The van der Waals surface area contributed by atoms with Gasteiger partial charge in [-0.1, -0.05) is 6.42 Å². The fraction of sp³-hybridized carbons (Fsp3) is 0.733. The first kappa shape index (κ1) is 12.9. The molecule has 0 amide bonds. The van der Waals surface area contributed by atoms with Crippen LogP contribution >= 0.6 is 0 Å². The molecule has 2 aliphatic rings. The molecule has 0 radical (unpaired) electrons. The van der Waals surface area contributed by atoms with Gasteiger partial charge in [0.15, 0.2) is 0 Å². The number of nitrogens with one attached hydrogen (secondary N) is 1. The van der Waals surface area contributed by atoms with Gasteiger partial charge in [-0.25, -0.2) is 9.97 Å². The van der Waals surface area contributed by atoms with Crippen molar-refractivity contribution >= 4 is 0 Å². The van der Waals surface area contributed by atoms with E-state index in [9.17, 15) is 0 Å². The molecule has 1 heterocycles. The first-order chi connectivity index (χ1) is 9.30. The lowest BCUT2D eigenvalue weighted by Gasteiger charge is -2.30. The summed E-state index contributed by atoms with van der Waals surface area (Å²) in [6, 6.07) is 2.49. The Balaban J connectivity index is 1.69. The van der Waals surface area contributed by atoms with E-state index < -0.39 is 0 Å². The van der Waals surface area contributed by atoms with Crippen molar-refractivity contribution in [3.63, 3.8) is 0 Å². The smallest absolute Gasteiger partial charge is 0.216 e. The Kier molecular flexibility index (Phi) is 3.69. The third kappa shape index (κ3) is 2.59. The van der Waals surface area contributed by atoms with Gasteiger partial charge >= 0.3 is 0 Å². The number of aromatic nitrogens is 2. The van der Waals surface area contributed by atoms with E-state index in [0.717, 1.165) is 29.9 Å². The Morgan fingerprint density at radius 2 is 2.26 bits per heavy atom. The normalized spacial score (nSPS) is 30.5. The van der Waals surface area contributed by atoms with Crippen LogP contribution in [0.2, 0.25) is 0 Å². The predicted molar refractivity (Wildman–Crippen MR) is 74.1 cm³/mol. The molecule has 19 heavy (non-hydrogen) atoms. The maximum atomic E-state index is 5.17. The van der Waals surface area contributed by atoms with Crippen LogP contribution in [0.4, 0.5) is 0 Å². The molecular weight excluding hydrogens is 238 g/mol. The van der Waals surface area contributed by atoms with Crippen molar-refractivity contribution in [2.75, 3.05) is 14.2 Å². The number of hydrogen-bond acceptors (Lipinski definition) is 4. The zero-order valence-electron chi connectivity index (χ0n) is 11.8. The summed E-state index contributed by atoms with van der Waals surface area (Å²) in [5.74, 6) is 3.41. The summed E-state index contributed by atoms with van der Waals surface area (Å²) < 4.78 is 5.17. The summed E-state index contributed by atoms with van der Waals surface area (Å²) in [7, 11) is 3.73. The molecule has 2 aliphatic carbocycles. The van der Waals surface area contributed by atoms with Crippen LogP contribution < -0.4 is 10.1 Å². The molecule has 0 saturated heterocycles. The van der Waals surface area contributed by atoms with Gasteiger partial charge in [0.1, 0.15) is 6.33 Å². The summed E-state index contributed by atoms with van der Waals surface area (Å²) >= 11 is 0. The molecule has 4 unspecified atom stereocenters. The van der Waals surface area contributed by atoms with E-state index in [1.165, 1.54) is 25.7 Å². The minimum absolute atomic E-state index is 0.537. The van der Waals surface area contributed by atoms with Gasteiger partial charge in [0.05, 0.1) is 7.11 Å². The van der Waals surface area contributed by atoms with Gasteiger partial charge in [0.25, 0.3) is 0 Å². The number of nitrogens with zero attached hydrogens (tertiary/aromatic N) is 2. The highest BCUT2D eigenvalue weighted by atomic mass is 16.5. The molecule has 0 spiro atoms. The van der Waals surface area contributed by atoms with E-state index in [4.69, 9.17) is 4.74 Å². The maximum Gasteiger partial charge on any atom is 0.216 e. The Bertz CT molecular complexity index is 437. The average Bonchev–Trinajstić information content (AvgIpc) is 3.07. The lowest BCUT2D eigenvalue weighted by atomic mass is 9.81. The summed E-state index contributed by atoms with van der Waals surface area (Å²) in [5, 5.41) is 3.51. The first-order valence-electron chi connectivity index (χ1n) is 7.32. The van der Waals surface area contributed by atoms with Gasteiger partial charge in [-0.3, -0.25) is 0 Å². The number of rotatable bonds is 5. The highest BCUT2D eigenvalue weighted by Crippen LogP contribution is 2.49. The number of methoxy groups -OCH3 is 1. The number of hydrogen-bond donors (Lipinski definition) is 1. The molecule has 104 valence electrons. The number of fused-ring (bicyclic) bond motifs is 2. The number of likely N-dealkylation sites (N-methyl/N-ethyl adjacent to an activating group) is 1. The topological polar surface area (TPSA) is 47.0 Å². The Labute approximate surface area is 115 Å². The van der Waals surface area contributed by atoms with Gasteiger partial charge in [-0.05, 0) is 44.1 Å². The van der Waals surface area contributed by atoms with E-state index >= 15 is 0 Å². The van der Waals surface area contributed by atoms with Crippen LogP contribution in [0.15, 0.2) is 12.4 Å². The standard InChI is InChI=1S/C15H23N3O/c1-16-14(13-6-10-3-4-11(13)5-10)7-12-8-15(19-2)18-9-17-12/h8-11,13-14,16H,3-7H2,1-2H3. The van der Waals surface area contributed by atoms with Crippen molar-refractivity contribution in [1.82, 2.24) is 15.3 Å². The Morgan fingerprint density at radius 1 is 1.37 bits per heavy atom. The van der Waals surface area contributed by atoms with Crippen molar-refractivity contribution in [2.45, 2.75) is 38.1 Å². The van der Waals surface area contributed by atoms with Crippen molar-refractivity contribution in [3.8, 4) is 5.88 Å². The Hall–Kier alpha value is -1.16. The van der Waals surface area contributed by atoms with Crippen LogP contribution in [0.25, 0.3) is 0 Å². The molecule has 1 aromatic rings. The fourth-order valence-corrected chi connectivity index (χ4v) is 4.08. The van der Waals surface area contributed by atoms with Crippen LogP contribution in [0.5, 0.6) is 5.88 Å². The van der Waals surface area contributed by atoms with Crippen molar-refractivity contribution < 1.29 is 4.74 Å². The fourth-order valence-electron chi connectivity index (χ4n) is 4.08. The Morgan fingerprint density at radius 3 is 2.89 bits per heavy atom. The molecule has 4 heteroatoms. The summed E-state index contributed by atoms with van der Waals surface area (Å²) in [6.45, 7) is 0. The maximum absolute atomic E-state index is 5.17. The molecule has 2 bridgehead atoms. The summed E-state index contributed by atoms with van der Waals surface area (Å²) in [6.07, 6.45) is 8.32. The third-order valence-corrected chi connectivity index (χ3v) is 5.02. The summed E-state index contributed by atoms with van der Waals surface area (Å²) in [5.41, 5.74) is 1.08. The molecule has 1 N–H and O–H groups in total. The molecule has 0 aromatic carbocycles. The van der Waals surface area contributed by atoms with Crippen LogP contribution in [0.3, 0.4) is 0 Å². The molecule has 2 saturated carbocycles. The zero-order chi connectivity index (χ0) is 13.2. The van der Waals surface area contributed by atoms with E-state index in [1.54, 1.807) is 13.4 Å². The zero-order valence-corrected chi connectivity index (χ0v) is 11.8. The molecule has 1 aromatic heterocycles.